The van der Waals surface area contributed by atoms with Gasteiger partial charge in [0.25, 0.3) is 5.91 Å². The van der Waals surface area contributed by atoms with Gasteiger partial charge in [-0.3, -0.25) is 9.59 Å². The monoisotopic (exact) mass is 451 g/mol. The highest BCUT2D eigenvalue weighted by Gasteiger charge is 2.29. The Morgan fingerprint density at radius 1 is 1.09 bits per heavy atom. The smallest absolute Gasteiger partial charge is 0.311 e. The number of carbonyl (C=O) groups is 2. The van der Waals surface area contributed by atoms with Gasteiger partial charge in [0, 0.05) is 23.7 Å². The summed E-state index contributed by atoms with van der Waals surface area (Å²) in [7, 11) is 0. The molecule has 0 saturated carbocycles. The van der Waals surface area contributed by atoms with E-state index in [4.69, 9.17) is 21.1 Å². The van der Waals surface area contributed by atoms with Crippen molar-refractivity contribution in [1.29, 1.82) is 0 Å². The largest absolute Gasteiger partial charge is 0.493 e. The summed E-state index contributed by atoms with van der Waals surface area (Å²) in [5, 5.41) is 12.6. The van der Waals surface area contributed by atoms with Gasteiger partial charge in [-0.25, -0.2) is 0 Å². The minimum atomic E-state index is -0.906. The fourth-order valence-electron chi connectivity index (χ4n) is 3.59. The summed E-state index contributed by atoms with van der Waals surface area (Å²) in [5.41, 5.74) is 2.23. The second-order valence-electron chi connectivity index (χ2n) is 7.47. The predicted molar refractivity (Wildman–Crippen MR) is 121 cm³/mol. The van der Waals surface area contributed by atoms with E-state index in [1.54, 1.807) is 36.4 Å². The molecule has 1 aliphatic rings. The number of benzene rings is 3. The molecule has 2 N–H and O–H groups in total. The van der Waals surface area contributed by atoms with E-state index >= 15 is 0 Å². The van der Waals surface area contributed by atoms with Crippen molar-refractivity contribution in [1.82, 2.24) is 5.32 Å². The summed E-state index contributed by atoms with van der Waals surface area (Å²) >= 11 is 6.33. The van der Waals surface area contributed by atoms with Gasteiger partial charge in [0.2, 0.25) is 0 Å². The summed E-state index contributed by atoms with van der Waals surface area (Å²) in [6.07, 6.45) is 1.16. The zero-order valence-corrected chi connectivity index (χ0v) is 18.0. The van der Waals surface area contributed by atoms with E-state index in [0.29, 0.717) is 53.0 Å². The van der Waals surface area contributed by atoms with Gasteiger partial charge in [0.05, 0.1) is 17.5 Å². The summed E-state index contributed by atoms with van der Waals surface area (Å²) in [5.74, 6) is -0.401. The van der Waals surface area contributed by atoms with E-state index in [1.807, 2.05) is 30.3 Å². The van der Waals surface area contributed by atoms with Crippen LogP contribution in [0.3, 0.4) is 0 Å². The normalized spacial score (nSPS) is 14.7. The van der Waals surface area contributed by atoms with Crippen LogP contribution in [0.15, 0.2) is 66.7 Å². The van der Waals surface area contributed by atoms with Crippen LogP contribution in [0.1, 0.15) is 33.8 Å². The number of rotatable bonds is 7. The molecule has 0 aliphatic carbocycles. The van der Waals surface area contributed by atoms with Crippen molar-refractivity contribution in [2.45, 2.75) is 18.8 Å². The average Bonchev–Trinajstić information content (AvgIpc) is 2.80. The molecule has 1 aliphatic heterocycles. The molecular weight excluding hydrogens is 430 g/mol. The molecule has 1 atom stereocenters. The lowest BCUT2D eigenvalue weighted by Crippen LogP contribution is -2.25. The van der Waals surface area contributed by atoms with Gasteiger partial charge in [0.15, 0.2) is 0 Å². The van der Waals surface area contributed by atoms with Crippen molar-refractivity contribution >= 4 is 23.5 Å². The lowest BCUT2D eigenvalue weighted by molar-refractivity contribution is -0.139. The number of ether oxygens (including phenoxy) is 2. The van der Waals surface area contributed by atoms with Crippen LogP contribution in [-0.4, -0.2) is 30.1 Å². The molecule has 0 aromatic heterocycles. The van der Waals surface area contributed by atoms with E-state index < -0.39 is 11.9 Å². The number of hydrogen-bond donors (Lipinski definition) is 2. The highest BCUT2D eigenvalue weighted by Crippen LogP contribution is 2.41. The first-order valence-corrected chi connectivity index (χ1v) is 10.7. The molecule has 4 rings (SSSR count). The minimum absolute atomic E-state index is 0.160. The molecule has 32 heavy (non-hydrogen) atoms. The third-order valence-electron chi connectivity index (χ3n) is 5.29. The summed E-state index contributed by atoms with van der Waals surface area (Å²) in [6.45, 7) is 0.863. The first-order valence-electron chi connectivity index (χ1n) is 10.3. The Balaban J connectivity index is 1.39. The number of aliphatic carboxylic acids is 1. The number of carbonyl (C=O) groups excluding carboxylic acids is 1. The van der Waals surface area contributed by atoms with Crippen LogP contribution in [0.4, 0.5) is 0 Å². The molecule has 3 aromatic carbocycles. The van der Waals surface area contributed by atoms with Gasteiger partial charge in [-0.1, -0.05) is 41.9 Å². The van der Waals surface area contributed by atoms with Crippen LogP contribution in [-0.2, 0) is 11.2 Å². The SMILES string of the molecule is O=C(NCCc1ccccc1)c1ccc(Oc2cc3c(cc2Cl)[C@@H](C(=O)O)CCO3)cc1. The average molecular weight is 452 g/mol. The standard InChI is InChI=1S/C25H22ClNO5/c26-21-14-20-19(25(29)30)11-13-31-22(20)15-23(21)32-18-8-6-17(7-9-18)24(28)27-12-10-16-4-2-1-3-5-16/h1-9,14-15,19H,10-13H2,(H,27,28)(H,29,30)/t19-/m0/s1. The van der Waals surface area contributed by atoms with E-state index in [2.05, 4.69) is 5.32 Å². The van der Waals surface area contributed by atoms with E-state index in [9.17, 15) is 14.7 Å². The lowest BCUT2D eigenvalue weighted by atomic mass is 9.93. The van der Waals surface area contributed by atoms with Crippen LogP contribution in [0.5, 0.6) is 17.2 Å². The highest BCUT2D eigenvalue weighted by atomic mass is 35.5. The van der Waals surface area contributed by atoms with Crippen molar-refractivity contribution in [2.24, 2.45) is 0 Å². The Bertz CT molecular complexity index is 1120. The quantitative estimate of drug-likeness (QED) is 0.524. The van der Waals surface area contributed by atoms with Gasteiger partial charge >= 0.3 is 5.97 Å². The van der Waals surface area contributed by atoms with E-state index in [1.165, 1.54) is 0 Å². The van der Waals surface area contributed by atoms with Gasteiger partial charge in [0.1, 0.15) is 17.2 Å². The third-order valence-corrected chi connectivity index (χ3v) is 5.58. The lowest BCUT2D eigenvalue weighted by Gasteiger charge is -2.24. The molecule has 0 radical (unpaired) electrons. The summed E-state index contributed by atoms with van der Waals surface area (Å²) in [4.78, 5) is 23.8. The molecule has 0 unspecified atom stereocenters. The molecule has 7 heteroatoms. The minimum Gasteiger partial charge on any atom is -0.493 e. The maximum absolute atomic E-state index is 12.4. The Hall–Kier alpha value is -3.51. The highest BCUT2D eigenvalue weighted by molar-refractivity contribution is 6.32. The zero-order chi connectivity index (χ0) is 22.5. The maximum atomic E-state index is 12.4. The predicted octanol–water partition coefficient (Wildman–Crippen LogP) is 5.06. The number of carboxylic acids is 1. The Labute approximate surface area is 190 Å². The first-order chi connectivity index (χ1) is 15.5. The fraction of sp³-hybridized carbons (Fsp3) is 0.200. The van der Waals surface area contributed by atoms with Crippen molar-refractivity contribution in [3.8, 4) is 17.2 Å². The van der Waals surface area contributed by atoms with Crippen molar-refractivity contribution in [3.05, 3.63) is 88.4 Å². The fourth-order valence-corrected chi connectivity index (χ4v) is 3.80. The first kappa shape index (κ1) is 21.7. The number of carboxylic acid groups (broad SMARTS) is 1. The van der Waals surface area contributed by atoms with Crippen LogP contribution < -0.4 is 14.8 Å². The number of fused-ring (bicyclic) bond motifs is 1. The topological polar surface area (TPSA) is 84.9 Å². The molecule has 6 nitrogen and oxygen atoms in total. The molecule has 1 heterocycles. The second-order valence-corrected chi connectivity index (χ2v) is 7.87. The number of amides is 1. The second kappa shape index (κ2) is 9.75. The molecule has 0 saturated heterocycles. The summed E-state index contributed by atoms with van der Waals surface area (Å²) in [6, 6.07) is 19.9. The Morgan fingerprint density at radius 2 is 1.84 bits per heavy atom. The van der Waals surface area contributed by atoms with Gasteiger partial charge in [-0.2, -0.15) is 0 Å². The third kappa shape index (κ3) is 5.03. The van der Waals surface area contributed by atoms with Crippen molar-refractivity contribution in [3.63, 3.8) is 0 Å². The van der Waals surface area contributed by atoms with Gasteiger partial charge in [-0.05, 0) is 48.7 Å². The molecule has 164 valence electrons. The molecule has 0 bridgehead atoms. The number of nitrogens with one attached hydrogen (secondary N) is 1. The van der Waals surface area contributed by atoms with Crippen LogP contribution in [0, 0.1) is 0 Å². The number of halogens is 1. The van der Waals surface area contributed by atoms with E-state index in [-0.39, 0.29) is 5.91 Å². The summed E-state index contributed by atoms with van der Waals surface area (Å²) < 4.78 is 11.5. The molecule has 0 spiro atoms. The zero-order valence-electron chi connectivity index (χ0n) is 17.2. The molecule has 1 amide bonds. The Kier molecular flexibility index (Phi) is 6.61. The van der Waals surface area contributed by atoms with Gasteiger partial charge < -0.3 is 19.9 Å². The Morgan fingerprint density at radius 3 is 2.56 bits per heavy atom. The van der Waals surface area contributed by atoms with Crippen molar-refractivity contribution < 1.29 is 24.2 Å². The van der Waals surface area contributed by atoms with Crippen LogP contribution >= 0.6 is 11.6 Å². The molecule has 0 fully saturated rings. The van der Waals surface area contributed by atoms with Crippen LogP contribution in [0.25, 0.3) is 0 Å². The maximum Gasteiger partial charge on any atom is 0.311 e. The van der Waals surface area contributed by atoms with Gasteiger partial charge in [-0.15, -0.1) is 0 Å². The molecule has 3 aromatic rings. The van der Waals surface area contributed by atoms with Crippen molar-refractivity contribution in [2.75, 3.05) is 13.2 Å². The van der Waals surface area contributed by atoms with E-state index in [0.717, 1.165) is 12.0 Å². The molecular formula is C25H22ClNO5. The number of hydrogen-bond acceptors (Lipinski definition) is 4. The van der Waals surface area contributed by atoms with Crippen LogP contribution in [0.2, 0.25) is 5.02 Å².